The van der Waals surface area contributed by atoms with E-state index in [1.165, 1.54) is 6.07 Å². The molecular weight excluding hydrogens is 233 g/mol. The van der Waals surface area contributed by atoms with Gasteiger partial charge in [0, 0.05) is 13.2 Å². The van der Waals surface area contributed by atoms with Crippen molar-refractivity contribution in [1.29, 1.82) is 0 Å². The molecule has 0 amide bonds. The van der Waals surface area contributed by atoms with Gasteiger partial charge in [-0.2, -0.15) is 0 Å². The van der Waals surface area contributed by atoms with Gasteiger partial charge in [0.25, 0.3) is 0 Å². The number of hydrogen-bond acceptors (Lipinski definition) is 3. The monoisotopic (exact) mass is 255 g/mol. The number of benzene rings is 1. The molecule has 2 N–H and O–H groups in total. The van der Waals surface area contributed by atoms with Gasteiger partial charge in [-0.3, -0.25) is 0 Å². The molecule has 0 unspecified atom stereocenters. The zero-order chi connectivity index (χ0) is 13.2. The molecule has 0 fully saturated rings. The van der Waals surface area contributed by atoms with Crippen molar-refractivity contribution in [2.45, 2.75) is 32.7 Å². The maximum Gasteiger partial charge on any atom is 0.165 e. The van der Waals surface area contributed by atoms with Gasteiger partial charge in [0.15, 0.2) is 11.6 Å². The lowest BCUT2D eigenvalue weighted by atomic mass is 10.2. The van der Waals surface area contributed by atoms with E-state index in [9.17, 15) is 4.39 Å². The molecule has 0 atom stereocenters. The van der Waals surface area contributed by atoms with Crippen molar-refractivity contribution in [3.8, 4) is 5.75 Å². The Bertz CT molecular complexity index is 345. The Morgan fingerprint density at radius 1 is 1.28 bits per heavy atom. The van der Waals surface area contributed by atoms with Crippen molar-refractivity contribution in [2.24, 2.45) is 0 Å². The second-order valence-electron chi connectivity index (χ2n) is 4.18. The number of ether oxygens (including phenoxy) is 1. The maximum atomic E-state index is 13.7. The van der Waals surface area contributed by atoms with E-state index in [4.69, 9.17) is 9.84 Å². The molecular formula is C14H22FNO2. The summed E-state index contributed by atoms with van der Waals surface area (Å²) in [5.74, 6) is -0.00759. The van der Waals surface area contributed by atoms with E-state index in [0.29, 0.717) is 18.9 Å². The van der Waals surface area contributed by atoms with Crippen LogP contribution in [-0.2, 0) is 6.54 Å². The lowest BCUT2D eigenvalue weighted by Gasteiger charge is -2.09. The molecule has 18 heavy (non-hydrogen) atoms. The predicted molar refractivity (Wildman–Crippen MR) is 70.2 cm³/mol. The van der Waals surface area contributed by atoms with Crippen molar-refractivity contribution >= 4 is 0 Å². The molecule has 102 valence electrons. The van der Waals surface area contributed by atoms with Crippen LogP contribution in [0.15, 0.2) is 18.2 Å². The number of hydrogen-bond donors (Lipinski definition) is 2. The number of halogens is 1. The van der Waals surface area contributed by atoms with Crippen LogP contribution in [0.4, 0.5) is 4.39 Å². The number of aliphatic hydroxyl groups is 1. The molecule has 4 heteroatoms. The molecule has 0 saturated carbocycles. The highest BCUT2D eigenvalue weighted by molar-refractivity contribution is 5.29. The molecule has 0 spiro atoms. The first-order valence-electron chi connectivity index (χ1n) is 6.50. The third-order valence-corrected chi connectivity index (χ3v) is 2.64. The van der Waals surface area contributed by atoms with Crippen LogP contribution >= 0.6 is 0 Å². The summed E-state index contributed by atoms with van der Waals surface area (Å²) in [5.41, 5.74) is 0.919. The van der Waals surface area contributed by atoms with Crippen molar-refractivity contribution in [3.63, 3.8) is 0 Å². The normalized spacial score (nSPS) is 10.6. The van der Waals surface area contributed by atoms with Gasteiger partial charge < -0.3 is 15.2 Å². The largest absolute Gasteiger partial charge is 0.491 e. The molecule has 0 heterocycles. The van der Waals surface area contributed by atoms with E-state index in [2.05, 4.69) is 5.32 Å². The minimum absolute atomic E-state index is 0.202. The number of unbranched alkanes of at least 4 members (excludes halogenated alkanes) is 2. The van der Waals surface area contributed by atoms with E-state index in [1.54, 1.807) is 6.07 Å². The third-order valence-electron chi connectivity index (χ3n) is 2.64. The Balaban J connectivity index is 2.37. The highest BCUT2D eigenvalue weighted by Gasteiger charge is 2.04. The van der Waals surface area contributed by atoms with Gasteiger partial charge in [0.1, 0.15) is 0 Å². The Morgan fingerprint density at radius 2 is 2.11 bits per heavy atom. The van der Waals surface area contributed by atoms with Crippen LogP contribution in [0, 0.1) is 5.82 Å². The molecule has 0 saturated heterocycles. The van der Waals surface area contributed by atoms with Crippen LogP contribution in [0.5, 0.6) is 5.75 Å². The Morgan fingerprint density at radius 3 is 2.78 bits per heavy atom. The molecule has 0 aliphatic heterocycles. The van der Waals surface area contributed by atoms with Crippen LogP contribution in [0.1, 0.15) is 31.7 Å². The summed E-state index contributed by atoms with van der Waals surface area (Å²) in [6.07, 6.45) is 2.50. The summed E-state index contributed by atoms with van der Waals surface area (Å²) in [4.78, 5) is 0. The molecule has 0 aliphatic rings. The third kappa shape index (κ3) is 5.47. The van der Waals surface area contributed by atoms with Gasteiger partial charge in [-0.15, -0.1) is 0 Å². The smallest absolute Gasteiger partial charge is 0.165 e. The highest BCUT2D eigenvalue weighted by Crippen LogP contribution is 2.18. The van der Waals surface area contributed by atoms with Crippen LogP contribution < -0.4 is 10.1 Å². The van der Waals surface area contributed by atoms with Crippen LogP contribution in [-0.4, -0.2) is 24.9 Å². The summed E-state index contributed by atoms with van der Waals surface area (Å²) in [7, 11) is 0. The van der Waals surface area contributed by atoms with Gasteiger partial charge in [-0.25, -0.2) is 4.39 Å². The summed E-state index contributed by atoms with van der Waals surface area (Å²) < 4.78 is 19.0. The van der Waals surface area contributed by atoms with Crippen molar-refractivity contribution in [1.82, 2.24) is 5.32 Å². The molecule has 0 aromatic heterocycles. The first kappa shape index (κ1) is 14.9. The summed E-state index contributed by atoms with van der Waals surface area (Å²) >= 11 is 0. The average molecular weight is 255 g/mol. The lowest BCUT2D eigenvalue weighted by molar-refractivity contribution is 0.261. The van der Waals surface area contributed by atoms with Crippen LogP contribution in [0.3, 0.4) is 0 Å². The Labute approximate surface area is 108 Å². The lowest BCUT2D eigenvalue weighted by Crippen LogP contribution is -2.12. The van der Waals surface area contributed by atoms with Crippen molar-refractivity contribution < 1.29 is 14.2 Å². The first-order valence-corrected chi connectivity index (χ1v) is 6.50. The van der Waals surface area contributed by atoms with Gasteiger partial charge >= 0.3 is 0 Å². The van der Waals surface area contributed by atoms with Gasteiger partial charge in [-0.1, -0.05) is 13.0 Å². The highest BCUT2D eigenvalue weighted by atomic mass is 19.1. The molecule has 1 rings (SSSR count). The summed E-state index contributed by atoms with van der Waals surface area (Å²) in [6, 6.07) is 5.05. The van der Waals surface area contributed by atoms with E-state index in [1.807, 2.05) is 13.0 Å². The van der Waals surface area contributed by atoms with Crippen LogP contribution in [0.25, 0.3) is 0 Å². The van der Waals surface area contributed by atoms with E-state index >= 15 is 0 Å². The fourth-order valence-corrected chi connectivity index (χ4v) is 1.61. The zero-order valence-corrected chi connectivity index (χ0v) is 10.9. The zero-order valence-electron chi connectivity index (χ0n) is 10.9. The number of nitrogens with one attached hydrogen (secondary N) is 1. The molecule has 1 aromatic carbocycles. The Hall–Kier alpha value is -1.13. The summed E-state index contributed by atoms with van der Waals surface area (Å²) in [5, 5.41) is 11.8. The van der Waals surface area contributed by atoms with Gasteiger partial charge in [0.05, 0.1) is 6.61 Å². The minimum Gasteiger partial charge on any atom is -0.491 e. The predicted octanol–water partition coefficient (Wildman–Crippen LogP) is 2.48. The maximum absolute atomic E-state index is 13.7. The second kappa shape index (κ2) is 8.89. The Kier molecular flexibility index (Phi) is 7.37. The SMILES string of the molecule is CCNCc1ccc(OCCCCCO)c(F)c1. The number of aliphatic hydroxyl groups excluding tert-OH is 1. The molecule has 3 nitrogen and oxygen atoms in total. The molecule has 1 aromatic rings. The molecule has 0 radical (unpaired) electrons. The number of rotatable bonds is 9. The average Bonchev–Trinajstić information content (AvgIpc) is 2.38. The fourth-order valence-electron chi connectivity index (χ4n) is 1.61. The molecule has 0 bridgehead atoms. The summed E-state index contributed by atoms with van der Waals surface area (Å²) in [6.45, 7) is 4.24. The standard InChI is InChI=1S/C14H22FNO2/c1-2-16-11-12-6-7-14(13(15)10-12)18-9-5-3-4-8-17/h6-7,10,16-17H,2-5,8-9,11H2,1H3. The van der Waals surface area contributed by atoms with E-state index < -0.39 is 0 Å². The first-order chi connectivity index (χ1) is 8.77. The fraction of sp³-hybridized carbons (Fsp3) is 0.571. The topological polar surface area (TPSA) is 41.5 Å². The second-order valence-corrected chi connectivity index (χ2v) is 4.18. The van der Waals surface area contributed by atoms with Gasteiger partial charge in [-0.05, 0) is 43.5 Å². The van der Waals surface area contributed by atoms with Crippen molar-refractivity contribution in [2.75, 3.05) is 19.8 Å². The van der Waals surface area contributed by atoms with E-state index in [0.717, 1.165) is 31.4 Å². The molecule has 0 aliphatic carbocycles. The van der Waals surface area contributed by atoms with E-state index in [-0.39, 0.29) is 12.4 Å². The minimum atomic E-state index is -0.312. The van der Waals surface area contributed by atoms with Gasteiger partial charge in [0.2, 0.25) is 0 Å². The van der Waals surface area contributed by atoms with Crippen molar-refractivity contribution in [3.05, 3.63) is 29.6 Å². The van der Waals surface area contributed by atoms with Crippen LogP contribution in [0.2, 0.25) is 0 Å². The quantitative estimate of drug-likeness (QED) is 0.666.